The van der Waals surface area contributed by atoms with Crippen molar-refractivity contribution in [3.8, 4) is 11.4 Å². The molecule has 5 heteroatoms. The fraction of sp³-hybridized carbons (Fsp3) is 0.333. The molecule has 0 bridgehead atoms. The van der Waals surface area contributed by atoms with E-state index in [0.717, 1.165) is 17.1 Å². The first-order valence-electron chi connectivity index (χ1n) is 5.57. The molecule has 1 aromatic carbocycles. The molecule has 0 aliphatic heterocycles. The molecule has 0 saturated heterocycles. The molecule has 0 saturated carbocycles. The number of benzene rings is 1. The van der Waals surface area contributed by atoms with E-state index in [0.29, 0.717) is 6.54 Å². The number of hydrogen-bond donors (Lipinski definition) is 2. The number of aromatic nitrogens is 3. The summed E-state index contributed by atoms with van der Waals surface area (Å²) in [6.45, 7) is 4.50. The van der Waals surface area contributed by atoms with E-state index in [9.17, 15) is 5.11 Å². The third kappa shape index (κ3) is 2.14. The number of nitrogens with zero attached hydrogens (tertiary/aromatic N) is 3. The first-order valence-corrected chi connectivity index (χ1v) is 5.57. The molecular formula is C12H16N4O. The van der Waals surface area contributed by atoms with Gasteiger partial charge in [0.15, 0.2) is 0 Å². The Morgan fingerprint density at radius 3 is 2.76 bits per heavy atom. The molecule has 5 nitrogen and oxygen atoms in total. The fourth-order valence-corrected chi connectivity index (χ4v) is 1.86. The van der Waals surface area contributed by atoms with Crippen molar-refractivity contribution in [1.82, 2.24) is 15.0 Å². The Bertz CT molecular complexity index is 519. The van der Waals surface area contributed by atoms with E-state index < -0.39 is 0 Å². The van der Waals surface area contributed by atoms with Gasteiger partial charge in [-0.15, -0.1) is 5.10 Å². The first kappa shape index (κ1) is 11.6. The summed E-state index contributed by atoms with van der Waals surface area (Å²) in [5.41, 5.74) is 8.22. The van der Waals surface area contributed by atoms with Crippen molar-refractivity contribution in [3.05, 3.63) is 35.7 Å². The van der Waals surface area contributed by atoms with Gasteiger partial charge in [-0.05, 0) is 18.1 Å². The predicted molar refractivity (Wildman–Crippen MR) is 65.0 cm³/mol. The van der Waals surface area contributed by atoms with Gasteiger partial charge in [0.2, 0.25) is 0 Å². The van der Waals surface area contributed by atoms with Crippen LogP contribution in [0.3, 0.4) is 0 Å². The normalized spacial score (nSPS) is 11.1. The van der Waals surface area contributed by atoms with E-state index >= 15 is 0 Å². The van der Waals surface area contributed by atoms with E-state index in [1.165, 1.54) is 0 Å². The molecule has 0 aliphatic rings. The van der Waals surface area contributed by atoms with Crippen molar-refractivity contribution < 1.29 is 5.11 Å². The van der Waals surface area contributed by atoms with Gasteiger partial charge in [-0.2, -0.15) is 0 Å². The second kappa shape index (κ2) is 4.55. The summed E-state index contributed by atoms with van der Waals surface area (Å²) in [5.74, 6) is 0.480. The standard InChI is InChI=1S/C12H16N4O/c1-8(2)12-11(7-13)14-15-16(12)9-4-3-5-10(17)6-9/h3-6,8,17H,7,13H2,1-2H3. The average Bonchev–Trinajstić information content (AvgIpc) is 2.72. The van der Waals surface area contributed by atoms with E-state index in [1.807, 2.05) is 6.07 Å². The Balaban J connectivity index is 2.56. The van der Waals surface area contributed by atoms with Crippen LogP contribution in [0.1, 0.15) is 31.2 Å². The van der Waals surface area contributed by atoms with Crippen molar-refractivity contribution in [2.45, 2.75) is 26.3 Å². The van der Waals surface area contributed by atoms with Crippen molar-refractivity contribution >= 4 is 0 Å². The maximum Gasteiger partial charge on any atom is 0.117 e. The highest BCUT2D eigenvalue weighted by molar-refractivity contribution is 5.39. The van der Waals surface area contributed by atoms with Crippen LogP contribution in [-0.2, 0) is 6.54 Å². The summed E-state index contributed by atoms with van der Waals surface area (Å²) in [5, 5.41) is 17.6. The molecule has 0 unspecified atom stereocenters. The molecule has 1 aromatic heterocycles. The maximum atomic E-state index is 9.48. The second-order valence-corrected chi connectivity index (χ2v) is 4.21. The molecule has 0 fully saturated rings. The van der Waals surface area contributed by atoms with Crippen LogP contribution in [-0.4, -0.2) is 20.1 Å². The van der Waals surface area contributed by atoms with Gasteiger partial charge >= 0.3 is 0 Å². The van der Waals surface area contributed by atoms with Gasteiger partial charge in [-0.1, -0.05) is 25.1 Å². The minimum atomic E-state index is 0.210. The van der Waals surface area contributed by atoms with Gasteiger partial charge < -0.3 is 10.8 Å². The molecule has 0 amide bonds. The zero-order chi connectivity index (χ0) is 12.4. The molecule has 3 N–H and O–H groups in total. The molecular weight excluding hydrogens is 216 g/mol. The third-order valence-corrected chi connectivity index (χ3v) is 2.59. The van der Waals surface area contributed by atoms with Crippen LogP contribution < -0.4 is 5.73 Å². The number of phenolic OH excluding ortho intramolecular Hbond substituents is 1. The predicted octanol–water partition coefficient (Wildman–Crippen LogP) is 1.55. The quantitative estimate of drug-likeness (QED) is 0.841. The average molecular weight is 232 g/mol. The number of nitrogens with two attached hydrogens (primary N) is 1. The summed E-state index contributed by atoms with van der Waals surface area (Å²) in [6.07, 6.45) is 0. The van der Waals surface area contributed by atoms with E-state index in [2.05, 4.69) is 24.2 Å². The van der Waals surface area contributed by atoms with Crippen molar-refractivity contribution in [2.75, 3.05) is 0 Å². The second-order valence-electron chi connectivity index (χ2n) is 4.21. The monoisotopic (exact) mass is 232 g/mol. The van der Waals surface area contributed by atoms with E-state index in [-0.39, 0.29) is 11.7 Å². The highest BCUT2D eigenvalue weighted by Gasteiger charge is 2.16. The van der Waals surface area contributed by atoms with Gasteiger partial charge in [0.25, 0.3) is 0 Å². The van der Waals surface area contributed by atoms with Crippen LogP contribution in [0.4, 0.5) is 0 Å². The largest absolute Gasteiger partial charge is 0.508 e. The molecule has 0 radical (unpaired) electrons. The molecule has 0 spiro atoms. The SMILES string of the molecule is CC(C)c1c(CN)nnn1-c1cccc(O)c1. The van der Waals surface area contributed by atoms with Crippen LogP contribution in [0.5, 0.6) is 5.75 Å². The number of rotatable bonds is 3. The molecule has 2 aromatic rings. The smallest absolute Gasteiger partial charge is 0.117 e. The van der Waals surface area contributed by atoms with Crippen LogP contribution in [0.25, 0.3) is 5.69 Å². The lowest BCUT2D eigenvalue weighted by molar-refractivity contribution is 0.474. The maximum absolute atomic E-state index is 9.48. The van der Waals surface area contributed by atoms with Gasteiger partial charge in [0.1, 0.15) is 11.4 Å². The Kier molecular flexibility index (Phi) is 3.10. The van der Waals surface area contributed by atoms with Crippen molar-refractivity contribution in [1.29, 1.82) is 0 Å². The summed E-state index contributed by atoms with van der Waals surface area (Å²) >= 11 is 0. The first-order chi connectivity index (χ1) is 8.13. The van der Waals surface area contributed by atoms with E-state index in [4.69, 9.17) is 5.73 Å². The Hall–Kier alpha value is -1.88. The summed E-state index contributed by atoms with van der Waals surface area (Å²) in [7, 11) is 0. The van der Waals surface area contributed by atoms with Gasteiger partial charge in [-0.3, -0.25) is 0 Å². The Morgan fingerprint density at radius 2 is 2.18 bits per heavy atom. The summed E-state index contributed by atoms with van der Waals surface area (Å²) in [4.78, 5) is 0. The minimum absolute atomic E-state index is 0.210. The molecule has 2 rings (SSSR count). The number of hydrogen-bond acceptors (Lipinski definition) is 4. The van der Waals surface area contributed by atoms with Gasteiger partial charge in [-0.25, -0.2) is 4.68 Å². The Labute approximate surface area is 99.9 Å². The number of aromatic hydroxyl groups is 1. The van der Waals surface area contributed by atoms with Crippen LogP contribution in [0, 0.1) is 0 Å². The molecule has 17 heavy (non-hydrogen) atoms. The lowest BCUT2D eigenvalue weighted by atomic mass is 10.1. The lowest BCUT2D eigenvalue weighted by Crippen LogP contribution is -2.07. The van der Waals surface area contributed by atoms with Gasteiger partial charge in [0, 0.05) is 12.6 Å². The summed E-state index contributed by atoms with van der Waals surface area (Å²) < 4.78 is 1.73. The zero-order valence-corrected chi connectivity index (χ0v) is 9.96. The zero-order valence-electron chi connectivity index (χ0n) is 9.96. The van der Waals surface area contributed by atoms with Crippen LogP contribution in [0.2, 0.25) is 0 Å². The van der Waals surface area contributed by atoms with Crippen molar-refractivity contribution in [2.24, 2.45) is 5.73 Å². The van der Waals surface area contributed by atoms with E-state index in [1.54, 1.807) is 22.9 Å². The third-order valence-electron chi connectivity index (χ3n) is 2.59. The molecule has 0 atom stereocenters. The Morgan fingerprint density at radius 1 is 1.41 bits per heavy atom. The number of phenols is 1. The topological polar surface area (TPSA) is 77.0 Å². The molecule has 90 valence electrons. The lowest BCUT2D eigenvalue weighted by Gasteiger charge is -2.10. The molecule has 0 aliphatic carbocycles. The molecule has 1 heterocycles. The highest BCUT2D eigenvalue weighted by atomic mass is 16.3. The minimum Gasteiger partial charge on any atom is -0.508 e. The van der Waals surface area contributed by atoms with Gasteiger partial charge in [0.05, 0.1) is 11.4 Å². The van der Waals surface area contributed by atoms with Crippen LogP contribution in [0.15, 0.2) is 24.3 Å². The fourth-order valence-electron chi connectivity index (χ4n) is 1.86. The summed E-state index contributed by atoms with van der Waals surface area (Å²) in [6, 6.07) is 6.93. The van der Waals surface area contributed by atoms with Crippen LogP contribution >= 0.6 is 0 Å². The van der Waals surface area contributed by atoms with Crippen molar-refractivity contribution in [3.63, 3.8) is 0 Å². The highest BCUT2D eigenvalue weighted by Crippen LogP contribution is 2.22.